The molecule has 1 unspecified atom stereocenters. The maximum Gasteiger partial charge on any atom is 0.408 e. The Kier molecular flexibility index (Phi) is 6.47. The van der Waals surface area contributed by atoms with Crippen LogP contribution in [0.15, 0.2) is 0 Å². The van der Waals surface area contributed by atoms with E-state index in [1.165, 1.54) is 0 Å². The summed E-state index contributed by atoms with van der Waals surface area (Å²) in [5.74, 6) is -3.50. The number of ether oxygens (including phenoxy) is 1. The second kappa shape index (κ2) is 7.31. The van der Waals surface area contributed by atoms with Crippen molar-refractivity contribution in [3.8, 4) is 0 Å². The number of carboxylic acid groups (broad SMARTS) is 2. The predicted molar refractivity (Wildman–Crippen MR) is 66.1 cm³/mol. The molecule has 0 rings (SSSR count). The van der Waals surface area contributed by atoms with Crippen LogP contribution in [0.4, 0.5) is 4.79 Å². The molecule has 0 aliphatic carbocycles. The molecule has 0 saturated carbocycles. The van der Waals surface area contributed by atoms with E-state index in [1.54, 1.807) is 20.8 Å². The molecule has 0 aliphatic rings. The fourth-order valence-electron chi connectivity index (χ4n) is 1.08. The summed E-state index contributed by atoms with van der Waals surface area (Å²) in [5.41, 5.74) is -0.807. The summed E-state index contributed by atoms with van der Waals surface area (Å²) < 4.78 is 4.86. The predicted octanol–water partition coefficient (Wildman–Crippen LogP) is -0.445. The third kappa shape index (κ3) is 8.72. The minimum Gasteiger partial charge on any atom is -0.480 e. The van der Waals surface area contributed by atoms with Crippen molar-refractivity contribution >= 4 is 23.9 Å². The summed E-state index contributed by atoms with van der Waals surface area (Å²) in [6.07, 6.45) is -1.57. The van der Waals surface area contributed by atoms with E-state index >= 15 is 0 Å². The molecular weight excluding hydrogens is 272 g/mol. The van der Waals surface area contributed by atoms with E-state index in [9.17, 15) is 19.2 Å². The molecular formula is C11H18N2O7. The highest BCUT2D eigenvalue weighted by Crippen LogP contribution is 2.07. The van der Waals surface area contributed by atoms with Crippen LogP contribution >= 0.6 is 0 Å². The van der Waals surface area contributed by atoms with E-state index in [-0.39, 0.29) is 0 Å². The highest BCUT2D eigenvalue weighted by molar-refractivity contribution is 5.88. The van der Waals surface area contributed by atoms with Gasteiger partial charge in [-0.3, -0.25) is 9.59 Å². The number of alkyl carbamates (subject to hydrolysis) is 1. The number of carboxylic acids is 2. The Bertz CT molecular complexity index is 400. The Hall–Kier alpha value is -2.32. The van der Waals surface area contributed by atoms with Crippen LogP contribution in [0.3, 0.4) is 0 Å². The zero-order valence-corrected chi connectivity index (χ0v) is 11.4. The first-order valence-electron chi connectivity index (χ1n) is 5.72. The Morgan fingerprint density at radius 3 is 2.10 bits per heavy atom. The first-order valence-corrected chi connectivity index (χ1v) is 5.72. The first-order chi connectivity index (χ1) is 9.01. The molecule has 20 heavy (non-hydrogen) atoms. The summed E-state index contributed by atoms with van der Waals surface area (Å²) >= 11 is 0. The highest BCUT2D eigenvalue weighted by atomic mass is 16.6. The highest BCUT2D eigenvalue weighted by Gasteiger charge is 2.26. The van der Waals surface area contributed by atoms with Gasteiger partial charge >= 0.3 is 18.0 Å². The zero-order chi connectivity index (χ0) is 15.9. The van der Waals surface area contributed by atoms with Gasteiger partial charge in [-0.15, -0.1) is 0 Å². The summed E-state index contributed by atoms with van der Waals surface area (Å²) in [6, 6.07) is -1.50. The van der Waals surface area contributed by atoms with Crippen LogP contribution in [0.2, 0.25) is 0 Å². The first kappa shape index (κ1) is 17.7. The SMILES string of the molecule is CC(C)(C)OC(=O)NC(CC(=O)NCC(=O)O)C(=O)O. The van der Waals surface area contributed by atoms with Crippen LogP contribution in [-0.2, 0) is 19.1 Å². The lowest BCUT2D eigenvalue weighted by atomic mass is 10.2. The molecule has 9 nitrogen and oxygen atoms in total. The molecule has 0 aliphatic heterocycles. The molecule has 4 N–H and O–H groups in total. The lowest BCUT2D eigenvalue weighted by molar-refractivity contribution is -0.141. The second-order valence-corrected chi connectivity index (χ2v) is 4.91. The molecule has 2 amide bonds. The largest absolute Gasteiger partial charge is 0.480 e. The monoisotopic (exact) mass is 290 g/mol. The second-order valence-electron chi connectivity index (χ2n) is 4.91. The number of aliphatic carboxylic acids is 2. The molecule has 0 aromatic heterocycles. The zero-order valence-electron chi connectivity index (χ0n) is 11.4. The van der Waals surface area contributed by atoms with Gasteiger partial charge < -0.3 is 25.6 Å². The number of hydrogen-bond acceptors (Lipinski definition) is 5. The topological polar surface area (TPSA) is 142 Å². The Morgan fingerprint density at radius 2 is 1.70 bits per heavy atom. The van der Waals surface area contributed by atoms with Gasteiger partial charge in [-0.05, 0) is 20.8 Å². The van der Waals surface area contributed by atoms with Crippen LogP contribution in [0.25, 0.3) is 0 Å². The van der Waals surface area contributed by atoms with Crippen molar-refractivity contribution in [1.29, 1.82) is 0 Å². The van der Waals surface area contributed by atoms with Gasteiger partial charge in [-0.25, -0.2) is 9.59 Å². The quantitative estimate of drug-likeness (QED) is 0.519. The number of hydrogen-bond donors (Lipinski definition) is 4. The molecule has 0 heterocycles. The van der Waals surface area contributed by atoms with E-state index in [1.807, 2.05) is 10.6 Å². The number of nitrogens with one attached hydrogen (secondary N) is 2. The van der Waals surface area contributed by atoms with Crippen LogP contribution in [0, 0.1) is 0 Å². The van der Waals surface area contributed by atoms with Crippen LogP contribution < -0.4 is 10.6 Å². The van der Waals surface area contributed by atoms with E-state index < -0.39 is 48.5 Å². The van der Waals surface area contributed by atoms with Crippen molar-refractivity contribution in [3.05, 3.63) is 0 Å². The molecule has 0 aromatic rings. The molecule has 0 aromatic carbocycles. The molecule has 0 spiro atoms. The van der Waals surface area contributed by atoms with Gasteiger partial charge in [0.05, 0.1) is 6.42 Å². The van der Waals surface area contributed by atoms with Crippen molar-refractivity contribution in [2.45, 2.75) is 38.8 Å². The number of rotatable bonds is 6. The molecule has 0 radical (unpaired) electrons. The molecule has 1 atom stereocenters. The Labute approximate surface area is 115 Å². The van der Waals surface area contributed by atoms with Gasteiger partial charge in [0.25, 0.3) is 0 Å². The molecule has 114 valence electrons. The summed E-state index contributed by atoms with van der Waals surface area (Å²) in [6.45, 7) is 4.17. The third-order valence-electron chi connectivity index (χ3n) is 1.82. The number of carbonyl (C=O) groups excluding carboxylic acids is 2. The maximum atomic E-state index is 11.4. The van der Waals surface area contributed by atoms with Crippen molar-refractivity contribution in [2.75, 3.05) is 6.54 Å². The minimum absolute atomic E-state index is 0.595. The fourth-order valence-corrected chi connectivity index (χ4v) is 1.08. The average molecular weight is 290 g/mol. The van der Waals surface area contributed by atoms with Crippen molar-refractivity contribution in [1.82, 2.24) is 10.6 Å². The van der Waals surface area contributed by atoms with E-state index in [2.05, 4.69) is 0 Å². The standard InChI is InChI=1S/C11H18N2O7/c1-11(2,3)20-10(19)13-6(9(17)18)4-7(14)12-5-8(15)16/h6H,4-5H2,1-3H3,(H,12,14)(H,13,19)(H,15,16)(H,17,18). The minimum atomic E-state index is -1.50. The van der Waals surface area contributed by atoms with Gasteiger partial charge in [-0.1, -0.05) is 0 Å². The lowest BCUT2D eigenvalue weighted by Crippen LogP contribution is -2.46. The molecule has 0 saturated heterocycles. The van der Waals surface area contributed by atoms with Gasteiger partial charge in [0, 0.05) is 0 Å². The fraction of sp³-hybridized carbons (Fsp3) is 0.636. The molecule has 0 fully saturated rings. The van der Waals surface area contributed by atoms with E-state index in [0.29, 0.717) is 0 Å². The normalized spacial score (nSPS) is 12.2. The third-order valence-corrected chi connectivity index (χ3v) is 1.82. The van der Waals surface area contributed by atoms with E-state index in [4.69, 9.17) is 14.9 Å². The van der Waals surface area contributed by atoms with Crippen molar-refractivity contribution < 1.29 is 34.1 Å². The Morgan fingerprint density at radius 1 is 1.15 bits per heavy atom. The average Bonchev–Trinajstić information content (AvgIpc) is 2.22. The van der Waals surface area contributed by atoms with Crippen LogP contribution in [0.5, 0.6) is 0 Å². The lowest BCUT2D eigenvalue weighted by Gasteiger charge is -2.21. The maximum absolute atomic E-state index is 11.4. The smallest absolute Gasteiger partial charge is 0.408 e. The number of amides is 2. The van der Waals surface area contributed by atoms with E-state index in [0.717, 1.165) is 0 Å². The molecule has 0 bridgehead atoms. The summed E-state index contributed by atoms with van der Waals surface area (Å²) in [5, 5.41) is 21.3. The Balaban J connectivity index is 4.44. The number of carbonyl (C=O) groups is 4. The van der Waals surface area contributed by atoms with Crippen molar-refractivity contribution in [3.63, 3.8) is 0 Å². The van der Waals surface area contributed by atoms with Gasteiger partial charge in [0.2, 0.25) is 5.91 Å². The molecule has 9 heteroatoms. The van der Waals surface area contributed by atoms with Gasteiger partial charge in [0.15, 0.2) is 0 Å². The van der Waals surface area contributed by atoms with Gasteiger partial charge in [0.1, 0.15) is 18.2 Å². The summed E-state index contributed by atoms with van der Waals surface area (Å²) in [7, 11) is 0. The van der Waals surface area contributed by atoms with Crippen molar-refractivity contribution in [2.24, 2.45) is 0 Å². The van der Waals surface area contributed by atoms with Crippen LogP contribution in [-0.4, -0.2) is 52.3 Å². The summed E-state index contributed by atoms with van der Waals surface area (Å²) in [4.78, 5) is 43.8. The van der Waals surface area contributed by atoms with Crippen LogP contribution in [0.1, 0.15) is 27.2 Å². The van der Waals surface area contributed by atoms with Gasteiger partial charge in [-0.2, -0.15) is 0 Å².